The first-order valence-electron chi connectivity index (χ1n) is 3.82. The normalized spacial score (nSPS) is 13.1. The number of hydrogen-bond donors (Lipinski definition) is 1. The third kappa shape index (κ3) is 3.12. The second kappa shape index (κ2) is 4.10. The predicted octanol–water partition coefficient (Wildman–Crippen LogP) is 1.96. The minimum Gasteiger partial charge on any atom is -0.350 e. The van der Waals surface area contributed by atoms with Gasteiger partial charge >= 0.3 is 12.1 Å². The molecule has 7 heteroatoms. The van der Waals surface area contributed by atoms with Gasteiger partial charge < -0.3 is 5.32 Å². The number of carbonyl (C=O) groups is 1. The Hall–Kier alpha value is -0.880. The van der Waals surface area contributed by atoms with Crippen molar-refractivity contribution >= 4 is 5.91 Å². The highest BCUT2D eigenvalue weighted by Crippen LogP contribution is 2.35. The van der Waals surface area contributed by atoms with E-state index < -0.39 is 18.0 Å². The van der Waals surface area contributed by atoms with Crippen molar-refractivity contribution in [3.8, 4) is 0 Å². The first-order valence-corrected chi connectivity index (χ1v) is 3.82. The molecule has 0 unspecified atom stereocenters. The smallest absolute Gasteiger partial charge is 0.350 e. The fourth-order valence-corrected chi connectivity index (χ4v) is 0.537. The van der Waals surface area contributed by atoms with Crippen molar-refractivity contribution in [1.29, 1.82) is 0 Å². The average Bonchev–Trinajstić information content (AvgIpc) is 1.97. The summed E-state index contributed by atoms with van der Waals surface area (Å²) in [5.41, 5.74) is 0. The molecule has 0 saturated carbocycles. The van der Waals surface area contributed by atoms with Crippen molar-refractivity contribution < 1.29 is 26.7 Å². The Balaban J connectivity index is 4.38. The van der Waals surface area contributed by atoms with Crippen LogP contribution in [-0.4, -0.2) is 24.6 Å². The van der Waals surface area contributed by atoms with Gasteiger partial charge in [-0.25, -0.2) is 0 Å². The molecule has 0 aromatic carbocycles. The molecule has 0 fully saturated rings. The van der Waals surface area contributed by atoms with E-state index in [1.807, 2.05) is 0 Å². The lowest BCUT2D eigenvalue weighted by Gasteiger charge is -2.19. The first-order chi connectivity index (χ1) is 6.09. The van der Waals surface area contributed by atoms with Gasteiger partial charge in [0.1, 0.15) is 0 Å². The van der Waals surface area contributed by atoms with Gasteiger partial charge in [0.05, 0.1) is 0 Å². The molecule has 0 aromatic rings. The van der Waals surface area contributed by atoms with E-state index in [1.54, 1.807) is 13.8 Å². The Morgan fingerprint density at radius 3 is 1.93 bits per heavy atom. The molecule has 0 bridgehead atoms. The lowest BCUT2D eigenvalue weighted by molar-refractivity contribution is -0.269. The number of amides is 1. The lowest BCUT2D eigenvalue weighted by Crippen LogP contribution is -2.51. The molecule has 1 N–H and O–H groups in total. The largest absolute Gasteiger partial charge is 0.463 e. The summed E-state index contributed by atoms with van der Waals surface area (Å²) in [4.78, 5) is 10.4. The first kappa shape index (κ1) is 13.1. The molecule has 0 saturated heterocycles. The van der Waals surface area contributed by atoms with Crippen LogP contribution in [0.4, 0.5) is 22.0 Å². The van der Waals surface area contributed by atoms with Gasteiger partial charge in [0.15, 0.2) is 0 Å². The van der Waals surface area contributed by atoms with Crippen LogP contribution >= 0.6 is 0 Å². The molecule has 0 radical (unpaired) electrons. The standard InChI is InChI=1S/C7H10F5NO/c1-4(2)3-13-5(14)6(8,9)7(10,11)12/h4H,3H2,1-2H3,(H,13,14). The second-order valence-corrected chi connectivity index (χ2v) is 3.18. The molecular formula is C7H10F5NO. The summed E-state index contributed by atoms with van der Waals surface area (Å²) in [5.74, 6) is -7.82. The number of alkyl halides is 5. The van der Waals surface area contributed by atoms with Gasteiger partial charge in [-0.05, 0) is 5.92 Å². The topological polar surface area (TPSA) is 29.1 Å². The van der Waals surface area contributed by atoms with Crippen LogP contribution < -0.4 is 5.32 Å². The number of carbonyl (C=O) groups excluding carboxylic acids is 1. The van der Waals surface area contributed by atoms with Crippen LogP contribution in [0.2, 0.25) is 0 Å². The van der Waals surface area contributed by atoms with Crippen molar-refractivity contribution in [1.82, 2.24) is 5.32 Å². The summed E-state index contributed by atoms with van der Waals surface area (Å²) in [5, 5.41) is 1.52. The van der Waals surface area contributed by atoms with E-state index in [2.05, 4.69) is 0 Å². The van der Waals surface area contributed by atoms with Crippen molar-refractivity contribution in [3.63, 3.8) is 0 Å². The van der Waals surface area contributed by atoms with Crippen molar-refractivity contribution in [2.45, 2.75) is 25.9 Å². The van der Waals surface area contributed by atoms with Crippen LogP contribution in [0.15, 0.2) is 0 Å². The van der Waals surface area contributed by atoms with E-state index in [9.17, 15) is 26.7 Å². The van der Waals surface area contributed by atoms with Crippen LogP contribution in [0.3, 0.4) is 0 Å². The van der Waals surface area contributed by atoms with Crippen LogP contribution in [0.5, 0.6) is 0 Å². The van der Waals surface area contributed by atoms with Gasteiger partial charge in [-0.3, -0.25) is 4.79 Å². The number of rotatable bonds is 3. The summed E-state index contributed by atoms with van der Waals surface area (Å²) < 4.78 is 59.3. The molecule has 0 aliphatic carbocycles. The number of hydrogen-bond acceptors (Lipinski definition) is 1. The highest BCUT2D eigenvalue weighted by Gasteiger charge is 2.63. The number of halogens is 5. The van der Waals surface area contributed by atoms with E-state index in [1.165, 1.54) is 5.32 Å². The van der Waals surface area contributed by atoms with Gasteiger partial charge in [0.25, 0.3) is 5.91 Å². The van der Waals surface area contributed by atoms with E-state index in [-0.39, 0.29) is 12.5 Å². The molecule has 84 valence electrons. The minimum absolute atomic E-state index is 0.192. The summed E-state index contributed by atoms with van der Waals surface area (Å²) in [7, 11) is 0. The van der Waals surface area contributed by atoms with Crippen LogP contribution in [0.25, 0.3) is 0 Å². The highest BCUT2D eigenvalue weighted by atomic mass is 19.4. The predicted molar refractivity (Wildman–Crippen MR) is 38.8 cm³/mol. The van der Waals surface area contributed by atoms with Crippen LogP contribution in [0.1, 0.15) is 13.8 Å². The Morgan fingerprint density at radius 1 is 1.21 bits per heavy atom. The zero-order valence-corrected chi connectivity index (χ0v) is 7.58. The summed E-state index contributed by atoms with van der Waals surface area (Å²) >= 11 is 0. The Bertz CT molecular complexity index is 211. The molecule has 0 rings (SSSR count). The monoisotopic (exact) mass is 219 g/mol. The summed E-state index contributed by atoms with van der Waals surface area (Å²) in [6.07, 6.45) is -5.84. The fraction of sp³-hybridized carbons (Fsp3) is 0.857. The summed E-state index contributed by atoms with van der Waals surface area (Å²) in [6, 6.07) is 0. The maximum atomic E-state index is 12.2. The van der Waals surface area contributed by atoms with Crippen molar-refractivity contribution in [3.05, 3.63) is 0 Å². The van der Waals surface area contributed by atoms with Crippen LogP contribution in [0, 0.1) is 5.92 Å². The lowest BCUT2D eigenvalue weighted by atomic mass is 10.2. The van der Waals surface area contributed by atoms with E-state index in [0.29, 0.717) is 0 Å². The van der Waals surface area contributed by atoms with Crippen molar-refractivity contribution in [2.24, 2.45) is 5.92 Å². The van der Waals surface area contributed by atoms with Gasteiger partial charge in [-0.1, -0.05) is 13.8 Å². The van der Waals surface area contributed by atoms with Gasteiger partial charge in [0.2, 0.25) is 0 Å². The maximum Gasteiger partial charge on any atom is 0.463 e. The molecule has 0 aromatic heterocycles. The molecule has 1 amide bonds. The Morgan fingerprint density at radius 2 is 1.64 bits per heavy atom. The third-order valence-electron chi connectivity index (χ3n) is 1.31. The maximum absolute atomic E-state index is 12.2. The molecule has 0 aliphatic heterocycles. The molecular weight excluding hydrogens is 209 g/mol. The van der Waals surface area contributed by atoms with Gasteiger partial charge in [-0.15, -0.1) is 0 Å². The van der Waals surface area contributed by atoms with Crippen LogP contribution in [-0.2, 0) is 4.79 Å². The second-order valence-electron chi connectivity index (χ2n) is 3.18. The van der Waals surface area contributed by atoms with E-state index >= 15 is 0 Å². The SMILES string of the molecule is CC(C)CNC(=O)C(F)(F)C(F)(F)F. The zero-order valence-electron chi connectivity index (χ0n) is 7.58. The van der Waals surface area contributed by atoms with Gasteiger partial charge in [-0.2, -0.15) is 22.0 Å². The van der Waals surface area contributed by atoms with Gasteiger partial charge in [0, 0.05) is 6.54 Å². The molecule has 0 spiro atoms. The minimum atomic E-state index is -5.84. The molecule has 0 atom stereocenters. The number of nitrogens with one attached hydrogen (secondary N) is 1. The zero-order chi connectivity index (χ0) is 11.6. The average molecular weight is 219 g/mol. The summed E-state index contributed by atoms with van der Waals surface area (Å²) in [6.45, 7) is 2.93. The molecule has 0 heterocycles. The highest BCUT2D eigenvalue weighted by molar-refractivity contribution is 5.84. The fourth-order valence-electron chi connectivity index (χ4n) is 0.537. The van der Waals surface area contributed by atoms with E-state index in [4.69, 9.17) is 0 Å². The molecule has 0 aliphatic rings. The van der Waals surface area contributed by atoms with E-state index in [0.717, 1.165) is 0 Å². The van der Waals surface area contributed by atoms with Crippen molar-refractivity contribution in [2.75, 3.05) is 6.54 Å². The molecule has 14 heavy (non-hydrogen) atoms. The Kier molecular flexibility index (Phi) is 3.84. The third-order valence-corrected chi connectivity index (χ3v) is 1.31. The quantitative estimate of drug-likeness (QED) is 0.722. The Labute approximate surface area is 77.5 Å². The molecule has 2 nitrogen and oxygen atoms in total.